The number of rotatable bonds is 6. The molecule has 0 radical (unpaired) electrons. The second-order valence-corrected chi connectivity index (χ2v) is 4.07. The second-order valence-electron chi connectivity index (χ2n) is 4.07. The molecule has 0 spiro atoms. The zero-order chi connectivity index (χ0) is 12.8. The van der Waals surface area contributed by atoms with E-state index >= 15 is 0 Å². The first-order valence-corrected chi connectivity index (χ1v) is 5.30. The van der Waals surface area contributed by atoms with Crippen LogP contribution >= 0.6 is 0 Å². The van der Waals surface area contributed by atoms with E-state index in [9.17, 15) is 14.3 Å². The minimum atomic E-state index is -1.02. The van der Waals surface area contributed by atoms with Crippen molar-refractivity contribution in [2.24, 2.45) is 0 Å². The molecule has 0 heterocycles. The lowest BCUT2D eigenvalue weighted by molar-refractivity contribution is -0.139. The summed E-state index contributed by atoms with van der Waals surface area (Å²) in [5.41, 5.74) is 0.913. The third-order valence-electron chi connectivity index (χ3n) is 2.30. The van der Waals surface area contributed by atoms with Gasteiger partial charge < -0.3 is 10.2 Å². The van der Waals surface area contributed by atoms with Crippen LogP contribution < -0.4 is 0 Å². The molecular weight excluding hydrogens is 225 g/mol. The van der Waals surface area contributed by atoms with Crippen molar-refractivity contribution in [3.63, 3.8) is 0 Å². The first-order valence-electron chi connectivity index (χ1n) is 5.30. The van der Waals surface area contributed by atoms with Crippen LogP contribution in [0.3, 0.4) is 0 Å². The van der Waals surface area contributed by atoms with E-state index in [1.165, 1.54) is 12.1 Å². The Morgan fingerprint density at radius 2 is 2.00 bits per heavy atom. The number of aliphatic carboxylic acids is 1. The van der Waals surface area contributed by atoms with Gasteiger partial charge in [-0.1, -0.05) is 12.1 Å². The van der Waals surface area contributed by atoms with Crippen LogP contribution in [0.2, 0.25) is 0 Å². The van der Waals surface area contributed by atoms with Crippen LogP contribution in [0.5, 0.6) is 0 Å². The number of aliphatic hydroxyl groups is 1. The standard InChI is InChI=1S/C12H16FNO3/c1-14(8-11(15)6-12(16)17)7-9-2-4-10(13)5-3-9/h2-5,11,15H,6-8H2,1H3,(H,16,17). The van der Waals surface area contributed by atoms with Gasteiger partial charge in [0.25, 0.3) is 0 Å². The van der Waals surface area contributed by atoms with Gasteiger partial charge in [-0.3, -0.25) is 9.69 Å². The number of hydrogen-bond acceptors (Lipinski definition) is 3. The summed E-state index contributed by atoms with van der Waals surface area (Å²) in [4.78, 5) is 12.2. The van der Waals surface area contributed by atoms with E-state index in [1.807, 2.05) is 0 Å². The van der Waals surface area contributed by atoms with E-state index in [4.69, 9.17) is 5.11 Å². The summed E-state index contributed by atoms with van der Waals surface area (Å²) in [5, 5.41) is 17.9. The Kier molecular flexibility index (Phi) is 5.06. The van der Waals surface area contributed by atoms with Crippen LogP contribution in [0.25, 0.3) is 0 Å². The number of nitrogens with zero attached hydrogens (tertiary/aromatic N) is 1. The molecule has 1 aromatic carbocycles. The summed E-state index contributed by atoms with van der Waals surface area (Å²) in [5.74, 6) is -1.31. The maximum atomic E-state index is 12.7. The van der Waals surface area contributed by atoms with Gasteiger partial charge in [-0.25, -0.2) is 4.39 Å². The van der Waals surface area contributed by atoms with Crippen LogP contribution in [-0.4, -0.2) is 40.8 Å². The predicted molar refractivity (Wildman–Crippen MR) is 61.0 cm³/mol. The average Bonchev–Trinajstić information content (AvgIpc) is 2.19. The van der Waals surface area contributed by atoms with Gasteiger partial charge in [-0.15, -0.1) is 0 Å². The largest absolute Gasteiger partial charge is 0.481 e. The molecule has 0 saturated carbocycles. The molecule has 5 heteroatoms. The number of hydrogen-bond donors (Lipinski definition) is 2. The van der Waals surface area contributed by atoms with Crippen molar-refractivity contribution in [1.82, 2.24) is 4.90 Å². The molecule has 1 rings (SSSR count). The van der Waals surface area contributed by atoms with E-state index in [0.29, 0.717) is 6.54 Å². The average molecular weight is 241 g/mol. The van der Waals surface area contributed by atoms with E-state index in [0.717, 1.165) is 5.56 Å². The third-order valence-corrected chi connectivity index (χ3v) is 2.30. The highest BCUT2D eigenvalue weighted by Gasteiger charge is 2.12. The fourth-order valence-corrected chi connectivity index (χ4v) is 1.59. The summed E-state index contributed by atoms with van der Waals surface area (Å²) in [7, 11) is 1.77. The lowest BCUT2D eigenvalue weighted by Crippen LogP contribution is -2.30. The van der Waals surface area contributed by atoms with Crippen molar-refractivity contribution in [2.45, 2.75) is 19.1 Å². The smallest absolute Gasteiger partial charge is 0.306 e. The number of benzene rings is 1. The van der Waals surface area contributed by atoms with Gasteiger partial charge >= 0.3 is 5.97 Å². The lowest BCUT2D eigenvalue weighted by Gasteiger charge is -2.19. The molecule has 1 aromatic rings. The number of likely N-dealkylation sites (N-methyl/N-ethyl adjacent to an activating group) is 1. The van der Waals surface area contributed by atoms with Gasteiger partial charge in [0.2, 0.25) is 0 Å². The molecule has 2 N–H and O–H groups in total. The van der Waals surface area contributed by atoms with Crippen LogP contribution in [0.1, 0.15) is 12.0 Å². The van der Waals surface area contributed by atoms with E-state index in [-0.39, 0.29) is 18.8 Å². The van der Waals surface area contributed by atoms with Crippen LogP contribution in [-0.2, 0) is 11.3 Å². The summed E-state index contributed by atoms with van der Waals surface area (Å²) in [6, 6.07) is 6.07. The molecule has 0 saturated heterocycles. The van der Waals surface area contributed by atoms with Crippen molar-refractivity contribution in [2.75, 3.05) is 13.6 Å². The van der Waals surface area contributed by atoms with Crippen LogP contribution in [0, 0.1) is 5.82 Å². The van der Waals surface area contributed by atoms with Gasteiger partial charge in [0.15, 0.2) is 0 Å². The summed E-state index contributed by atoms with van der Waals surface area (Å²) in [6.07, 6.45) is -1.16. The van der Waals surface area contributed by atoms with Crippen molar-refractivity contribution < 1.29 is 19.4 Å². The van der Waals surface area contributed by atoms with Crippen LogP contribution in [0.15, 0.2) is 24.3 Å². The Hall–Kier alpha value is -1.46. The molecular formula is C12H16FNO3. The Bertz CT molecular complexity index is 367. The SMILES string of the molecule is CN(Cc1ccc(F)cc1)CC(O)CC(=O)O. The molecule has 0 aliphatic carbocycles. The van der Waals surface area contributed by atoms with E-state index in [2.05, 4.69) is 0 Å². The molecule has 0 aliphatic heterocycles. The fraction of sp³-hybridized carbons (Fsp3) is 0.417. The maximum Gasteiger partial charge on any atom is 0.306 e. The molecule has 1 unspecified atom stereocenters. The Morgan fingerprint density at radius 3 is 2.53 bits per heavy atom. The molecule has 0 bridgehead atoms. The highest BCUT2D eigenvalue weighted by Crippen LogP contribution is 2.06. The Labute approximate surface area is 99.3 Å². The Morgan fingerprint density at radius 1 is 1.41 bits per heavy atom. The number of carboxylic acids is 1. The summed E-state index contributed by atoms with van der Waals surface area (Å²) >= 11 is 0. The maximum absolute atomic E-state index is 12.7. The molecule has 0 aromatic heterocycles. The molecule has 0 fully saturated rings. The van der Waals surface area contributed by atoms with Crippen molar-refractivity contribution in [3.8, 4) is 0 Å². The van der Waals surface area contributed by atoms with Gasteiger partial charge in [0, 0.05) is 13.1 Å². The highest BCUT2D eigenvalue weighted by molar-refractivity contribution is 5.67. The fourth-order valence-electron chi connectivity index (χ4n) is 1.59. The first kappa shape index (κ1) is 13.6. The topological polar surface area (TPSA) is 60.8 Å². The van der Waals surface area contributed by atoms with Crippen molar-refractivity contribution in [3.05, 3.63) is 35.6 Å². The van der Waals surface area contributed by atoms with Crippen LogP contribution in [0.4, 0.5) is 4.39 Å². The molecule has 0 amide bonds. The number of carbonyl (C=O) groups is 1. The molecule has 1 atom stereocenters. The number of halogens is 1. The Balaban J connectivity index is 2.41. The lowest BCUT2D eigenvalue weighted by atomic mass is 10.2. The van der Waals surface area contributed by atoms with Gasteiger partial charge in [-0.05, 0) is 24.7 Å². The summed E-state index contributed by atoms with van der Waals surface area (Å²) in [6.45, 7) is 0.806. The van der Waals surface area contributed by atoms with Crippen molar-refractivity contribution in [1.29, 1.82) is 0 Å². The molecule has 0 aliphatic rings. The predicted octanol–water partition coefficient (Wildman–Crippen LogP) is 1.09. The van der Waals surface area contributed by atoms with Gasteiger partial charge in [0.1, 0.15) is 5.82 Å². The number of carboxylic acid groups (broad SMARTS) is 1. The first-order chi connectivity index (χ1) is 7.97. The highest BCUT2D eigenvalue weighted by atomic mass is 19.1. The zero-order valence-electron chi connectivity index (χ0n) is 9.64. The second kappa shape index (κ2) is 6.32. The molecule has 4 nitrogen and oxygen atoms in total. The quantitative estimate of drug-likeness (QED) is 0.782. The summed E-state index contributed by atoms with van der Waals surface area (Å²) < 4.78 is 12.7. The minimum absolute atomic E-state index is 0.268. The normalized spacial score (nSPS) is 12.7. The molecule has 17 heavy (non-hydrogen) atoms. The monoisotopic (exact) mass is 241 g/mol. The number of aliphatic hydroxyl groups excluding tert-OH is 1. The third kappa shape index (κ3) is 5.42. The molecule has 94 valence electrons. The minimum Gasteiger partial charge on any atom is -0.481 e. The van der Waals surface area contributed by atoms with E-state index in [1.54, 1.807) is 24.1 Å². The zero-order valence-corrected chi connectivity index (χ0v) is 9.64. The van der Waals surface area contributed by atoms with E-state index < -0.39 is 12.1 Å². The van der Waals surface area contributed by atoms with Gasteiger partial charge in [-0.2, -0.15) is 0 Å². The van der Waals surface area contributed by atoms with Gasteiger partial charge in [0.05, 0.1) is 12.5 Å². The van der Waals surface area contributed by atoms with Crippen molar-refractivity contribution >= 4 is 5.97 Å².